The summed E-state index contributed by atoms with van der Waals surface area (Å²) in [7, 11) is 1.44. The maximum atomic E-state index is 13.1. The van der Waals surface area contributed by atoms with Crippen molar-refractivity contribution in [3.8, 4) is 0 Å². The van der Waals surface area contributed by atoms with E-state index in [-0.39, 0.29) is 11.9 Å². The zero-order valence-electron chi connectivity index (χ0n) is 17.7. The van der Waals surface area contributed by atoms with Gasteiger partial charge < -0.3 is 14.5 Å². The average Bonchev–Trinajstić information content (AvgIpc) is 2.77. The third-order valence-corrected chi connectivity index (χ3v) is 6.89. The van der Waals surface area contributed by atoms with Crippen molar-refractivity contribution < 1.29 is 14.3 Å². The topological polar surface area (TPSA) is 62.7 Å². The summed E-state index contributed by atoms with van der Waals surface area (Å²) >= 11 is 1.67. The standard InChI is InChI=1S/C22H33N3O3S/c1-3-14-29-21-18(22(27)24-11-5-4-6-12-24)9-10-19(23-21)25-13-7-8-17(16-25)15-20(26)28-2/h9-10,17H,3-8,11-16H2,1-2H3. The van der Waals surface area contributed by atoms with Gasteiger partial charge in [-0.05, 0) is 62.3 Å². The minimum atomic E-state index is -0.147. The molecule has 3 heterocycles. The molecule has 7 heteroatoms. The van der Waals surface area contributed by atoms with Crippen LogP contribution in [0.1, 0.15) is 62.2 Å². The summed E-state index contributed by atoms with van der Waals surface area (Å²) in [6, 6.07) is 3.94. The van der Waals surface area contributed by atoms with Crippen molar-refractivity contribution in [2.24, 2.45) is 5.92 Å². The Morgan fingerprint density at radius 2 is 1.97 bits per heavy atom. The van der Waals surface area contributed by atoms with Gasteiger partial charge in [0.25, 0.3) is 5.91 Å². The van der Waals surface area contributed by atoms with Crippen LogP contribution in [0.4, 0.5) is 5.82 Å². The molecule has 160 valence electrons. The molecule has 3 rings (SSSR count). The first-order valence-electron chi connectivity index (χ1n) is 10.9. The quantitative estimate of drug-likeness (QED) is 0.492. The fourth-order valence-corrected chi connectivity index (χ4v) is 4.97. The van der Waals surface area contributed by atoms with Gasteiger partial charge in [0.05, 0.1) is 12.7 Å². The first kappa shape index (κ1) is 21.9. The molecule has 29 heavy (non-hydrogen) atoms. The van der Waals surface area contributed by atoms with Crippen LogP contribution in [0, 0.1) is 5.92 Å². The third-order valence-electron chi connectivity index (χ3n) is 5.69. The number of anilines is 1. The Labute approximate surface area is 178 Å². The Hall–Kier alpha value is -1.76. The van der Waals surface area contributed by atoms with Crippen LogP contribution in [0.5, 0.6) is 0 Å². The summed E-state index contributed by atoms with van der Waals surface area (Å²) in [5.41, 5.74) is 0.734. The number of aromatic nitrogens is 1. The smallest absolute Gasteiger partial charge is 0.305 e. The second kappa shape index (κ2) is 10.9. The van der Waals surface area contributed by atoms with Crippen molar-refractivity contribution in [1.82, 2.24) is 9.88 Å². The van der Waals surface area contributed by atoms with E-state index in [4.69, 9.17) is 9.72 Å². The largest absolute Gasteiger partial charge is 0.469 e. The molecule has 2 fully saturated rings. The molecule has 0 aromatic carbocycles. The number of hydrogen-bond donors (Lipinski definition) is 0. The molecule has 0 saturated carbocycles. The SMILES string of the molecule is CCCSc1nc(N2CCCC(CC(=O)OC)C2)ccc1C(=O)N1CCCCC1. The van der Waals surface area contributed by atoms with Gasteiger partial charge in [0.2, 0.25) is 0 Å². The number of pyridine rings is 1. The summed E-state index contributed by atoms with van der Waals surface area (Å²) in [6.07, 6.45) is 6.95. The Kier molecular flexibility index (Phi) is 8.21. The first-order chi connectivity index (χ1) is 14.1. The molecule has 6 nitrogen and oxygen atoms in total. The summed E-state index contributed by atoms with van der Waals surface area (Å²) in [5, 5.41) is 0.843. The van der Waals surface area contributed by atoms with Gasteiger partial charge in [-0.15, -0.1) is 11.8 Å². The number of likely N-dealkylation sites (tertiary alicyclic amines) is 1. The van der Waals surface area contributed by atoms with Gasteiger partial charge in [-0.25, -0.2) is 4.98 Å². The highest BCUT2D eigenvalue weighted by molar-refractivity contribution is 7.99. The van der Waals surface area contributed by atoms with Crippen molar-refractivity contribution in [3.05, 3.63) is 17.7 Å². The second-order valence-electron chi connectivity index (χ2n) is 7.96. The molecular formula is C22H33N3O3S. The fourth-order valence-electron chi connectivity index (χ4n) is 4.10. The minimum Gasteiger partial charge on any atom is -0.469 e. The van der Waals surface area contributed by atoms with Crippen LogP contribution >= 0.6 is 11.8 Å². The Morgan fingerprint density at radius 3 is 2.69 bits per heavy atom. The van der Waals surface area contributed by atoms with Crippen molar-refractivity contribution in [1.29, 1.82) is 0 Å². The Bertz CT molecular complexity index is 707. The molecule has 2 aliphatic rings. The number of methoxy groups -OCH3 is 1. The average molecular weight is 420 g/mol. The fraction of sp³-hybridized carbons (Fsp3) is 0.682. The number of esters is 1. The van der Waals surface area contributed by atoms with E-state index in [2.05, 4.69) is 11.8 Å². The molecule has 2 saturated heterocycles. The lowest BCUT2D eigenvalue weighted by atomic mass is 9.95. The minimum absolute atomic E-state index is 0.115. The second-order valence-corrected chi connectivity index (χ2v) is 9.04. The summed E-state index contributed by atoms with van der Waals surface area (Å²) < 4.78 is 4.84. The number of hydrogen-bond acceptors (Lipinski definition) is 6. The number of amides is 1. The zero-order chi connectivity index (χ0) is 20.6. The van der Waals surface area contributed by atoms with E-state index in [1.807, 2.05) is 17.0 Å². The van der Waals surface area contributed by atoms with E-state index in [9.17, 15) is 9.59 Å². The highest BCUT2D eigenvalue weighted by atomic mass is 32.2. The van der Waals surface area contributed by atoms with Gasteiger partial charge in [-0.1, -0.05) is 6.92 Å². The molecule has 1 amide bonds. The monoisotopic (exact) mass is 419 g/mol. The molecule has 1 aromatic rings. The molecule has 1 atom stereocenters. The zero-order valence-corrected chi connectivity index (χ0v) is 18.5. The maximum Gasteiger partial charge on any atom is 0.305 e. The number of rotatable bonds is 7. The molecule has 2 aliphatic heterocycles. The summed E-state index contributed by atoms with van der Waals surface area (Å²) in [6.45, 7) is 5.58. The molecule has 1 aromatic heterocycles. The van der Waals surface area contributed by atoms with Crippen LogP contribution in [-0.4, -0.2) is 60.8 Å². The van der Waals surface area contributed by atoms with Gasteiger partial charge >= 0.3 is 5.97 Å². The van der Waals surface area contributed by atoms with Crippen molar-refractivity contribution >= 4 is 29.5 Å². The predicted molar refractivity (Wildman–Crippen MR) is 117 cm³/mol. The van der Waals surface area contributed by atoms with E-state index in [0.717, 1.165) is 80.4 Å². The van der Waals surface area contributed by atoms with Gasteiger partial charge in [-0.2, -0.15) is 0 Å². The van der Waals surface area contributed by atoms with Gasteiger partial charge in [-0.3, -0.25) is 9.59 Å². The van der Waals surface area contributed by atoms with Crippen molar-refractivity contribution in [2.75, 3.05) is 43.9 Å². The van der Waals surface area contributed by atoms with Gasteiger partial charge in [0.1, 0.15) is 10.8 Å². The van der Waals surface area contributed by atoms with E-state index < -0.39 is 0 Å². The van der Waals surface area contributed by atoms with Crippen LogP contribution in [0.15, 0.2) is 17.2 Å². The molecule has 0 radical (unpaired) electrons. The summed E-state index contributed by atoms with van der Waals surface area (Å²) in [5.74, 6) is 2.12. The van der Waals surface area contributed by atoms with Gasteiger partial charge in [0.15, 0.2) is 0 Å². The number of piperidine rings is 2. The van der Waals surface area contributed by atoms with E-state index in [0.29, 0.717) is 12.3 Å². The first-order valence-corrected chi connectivity index (χ1v) is 11.9. The molecule has 0 bridgehead atoms. The molecule has 0 aliphatic carbocycles. The highest BCUT2D eigenvalue weighted by Crippen LogP contribution is 2.29. The Morgan fingerprint density at radius 1 is 1.17 bits per heavy atom. The number of ether oxygens (including phenoxy) is 1. The highest BCUT2D eigenvalue weighted by Gasteiger charge is 2.26. The normalized spacial score (nSPS) is 19.9. The van der Waals surface area contributed by atoms with Crippen LogP contribution in [0.2, 0.25) is 0 Å². The number of carbonyl (C=O) groups excluding carboxylic acids is 2. The Balaban J connectivity index is 1.77. The van der Waals surface area contributed by atoms with Gasteiger partial charge in [0, 0.05) is 32.6 Å². The predicted octanol–water partition coefficient (Wildman–Crippen LogP) is 3.99. The molecular weight excluding hydrogens is 386 g/mol. The van der Waals surface area contributed by atoms with Crippen molar-refractivity contribution in [3.63, 3.8) is 0 Å². The lowest BCUT2D eigenvalue weighted by molar-refractivity contribution is -0.141. The van der Waals surface area contributed by atoms with E-state index >= 15 is 0 Å². The van der Waals surface area contributed by atoms with Crippen LogP contribution in [0.3, 0.4) is 0 Å². The number of nitrogens with zero attached hydrogens (tertiary/aromatic N) is 3. The molecule has 0 spiro atoms. The molecule has 0 N–H and O–H groups in total. The van der Waals surface area contributed by atoms with E-state index in [1.54, 1.807) is 11.8 Å². The van der Waals surface area contributed by atoms with E-state index in [1.165, 1.54) is 13.5 Å². The third kappa shape index (κ3) is 5.87. The van der Waals surface area contributed by atoms with Crippen LogP contribution < -0.4 is 4.90 Å². The number of carbonyl (C=O) groups is 2. The number of thioether (sulfide) groups is 1. The van der Waals surface area contributed by atoms with Crippen LogP contribution in [0.25, 0.3) is 0 Å². The van der Waals surface area contributed by atoms with Crippen molar-refractivity contribution in [2.45, 2.75) is 56.9 Å². The summed E-state index contributed by atoms with van der Waals surface area (Å²) in [4.78, 5) is 33.9. The lowest BCUT2D eigenvalue weighted by Crippen LogP contribution is -2.37. The maximum absolute atomic E-state index is 13.1. The lowest BCUT2D eigenvalue weighted by Gasteiger charge is -2.33. The van der Waals surface area contributed by atoms with Crippen LogP contribution in [-0.2, 0) is 9.53 Å². The molecule has 1 unspecified atom stereocenters.